The second-order valence-electron chi connectivity index (χ2n) is 6.37. The van der Waals surface area contributed by atoms with Crippen molar-refractivity contribution in [1.29, 1.82) is 0 Å². The molecule has 1 aliphatic heterocycles. The number of hydrogen-bond donors (Lipinski definition) is 2. The summed E-state index contributed by atoms with van der Waals surface area (Å²) in [5.41, 5.74) is 2.33. The minimum Gasteiger partial charge on any atom is -0.318 e. The number of carbonyl (C=O) groups is 3. The van der Waals surface area contributed by atoms with E-state index in [1.54, 1.807) is 48.2 Å². The number of hydrogen-bond acceptors (Lipinski definition) is 3. The van der Waals surface area contributed by atoms with E-state index in [-0.39, 0.29) is 5.91 Å². The van der Waals surface area contributed by atoms with Gasteiger partial charge in [-0.25, -0.2) is 0 Å². The molecule has 0 atom stereocenters. The highest BCUT2D eigenvalue weighted by Crippen LogP contribution is 2.25. The monoisotopic (exact) mass is 385 g/mol. The highest BCUT2D eigenvalue weighted by Gasteiger charge is 2.20. The Kier molecular flexibility index (Phi) is 5.76. The molecule has 1 fully saturated rings. The first-order chi connectivity index (χ1) is 13.0. The van der Waals surface area contributed by atoms with Gasteiger partial charge >= 0.3 is 11.8 Å². The van der Waals surface area contributed by atoms with Gasteiger partial charge in [0.25, 0.3) is 0 Å². The molecule has 1 aliphatic rings. The van der Waals surface area contributed by atoms with Crippen molar-refractivity contribution >= 4 is 46.4 Å². The smallest absolute Gasteiger partial charge is 0.314 e. The second-order valence-corrected chi connectivity index (χ2v) is 6.78. The maximum absolute atomic E-state index is 12.2. The Morgan fingerprint density at radius 2 is 1.78 bits per heavy atom. The molecular weight excluding hydrogens is 366 g/mol. The van der Waals surface area contributed by atoms with Gasteiger partial charge < -0.3 is 15.5 Å². The Labute approximate surface area is 162 Å². The average molecular weight is 386 g/mol. The number of benzene rings is 2. The summed E-state index contributed by atoms with van der Waals surface area (Å²) in [6.45, 7) is 2.42. The Morgan fingerprint density at radius 3 is 2.56 bits per heavy atom. The van der Waals surface area contributed by atoms with Crippen molar-refractivity contribution in [2.24, 2.45) is 0 Å². The molecule has 1 heterocycles. The lowest BCUT2D eigenvalue weighted by Crippen LogP contribution is -2.35. The van der Waals surface area contributed by atoms with Crippen LogP contribution in [0.4, 0.5) is 17.1 Å². The molecular formula is C20H20ClN3O3. The maximum atomic E-state index is 12.2. The number of halogens is 1. The van der Waals surface area contributed by atoms with Gasteiger partial charge in [-0.1, -0.05) is 23.7 Å². The van der Waals surface area contributed by atoms with Crippen LogP contribution in [-0.2, 0) is 14.4 Å². The van der Waals surface area contributed by atoms with Crippen LogP contribution in [0.25, 0.3) is 0 Å². The number of piperidine rings is 1. The van der Waals surface area contributed by atoms with Gasteiger partial charge in [-0.2, -0.15) is 0 Å². The molecule has 2 aromatic rings. The Hall–Kier alpha value is -2.86. The third-order valence-corrected chi connectivity index (χ3v) is 4.87. The van der Waals surface area contributed by atoms with Crippen molar-refractivity contribution in [2.75, 3.05) is 22.1 Å². The molecule has 0 spiro atoms. The molecule has 0 aromatic heterocycles. The molecule has 0 bridgehead atoms. The van der Waals surface area contributed by atoms with Crippen molar-refractivity contribution in [3.63, 3.8) is 0 Å². The van der Waals surface area contributed by atoms with E-state index in [0.29, 0.717) is 40.6 Å². The average Bonchev–Trinajstić information content (AvgIpc) is 2.66. The first-order valence-electron chi connectivity index (χ1n) is 8.73. The quantitative estimate of drug-likeness (QED) is 0.790. The Morgan fingerprint density at radius 1 is 1.04 bits per heavy atom. The molecule has 0 aliphatic carbocycles. The SMILES string of the molecule is Cc1c(Cl)cccc1NC(=O)C(=O)Nc1cccc(N2CCCCC2=O)c1. The molecule has 0 saturated carbocycles. The van der Waals surface area contributed by atoms with Crippen molar-refractivity contribution in [1.82, 2.24) is 0 Å². The summed E-state index contributed by atoms with van der Waals surface area (Å²) in [6, 6.07) is 12.0. The molecule has 1 saturated heterocycles. The summed E-state index contributed by atoms with van der Waals surface area (Å²) in [5, 5.41) is 5.63. The fraction of sp³-hybridized carbons (Fsp3) is 0.250. The number of anilines is 3. The van der Waals surface area contributed by atoms with Gasteiger partial charge in [0.05, 0.1) is 0 Å². The third kappa shape index (κ3) is 4.46. The zero-order valence-electron chi connectivity index (χ0n) is 14.9. The van der Waals surface area contributed by atoms with Gasteiger partial charge in [0.15, 0.2) is 0 Å². The Balaban J connectivity index is 1.68. The number of carbonyl (C=O) groups excluding carboxylic acids is 3. The Bertz CT molecular complexity index is 898. The number of amides is 3. The zero-order valence-corrected chi connectivity index (χ0v) is 15.7. The predicted octanol–water partition coefficient (Wildman–Crippen LogP) is 3.74. The summed E-state index contributed by atoms with van der Waals surface area (Å²) >= 11 is 6.03. The van der Waals surface area contributed by atoms with Crippen LogP contribution in [0.3, 0.4) is 0 Å². The van der Waals surface area contributed by atoms with Crippen molar-refractivity contribution in [3.05, 3.63) is 53.1 Å². The van der Waals surface area contributed by atoms with E-state index >= 15 is 0 Å². The first kappa shape index (κ1) is 18.9. The number of nitrogens with one attached hydrogen (secondary N) is 2. The molecule has 27 heavy (non-hydrogen) atoms. The van der Waals surface area contributed by atoms with E-state index in [0.717, 1.165) is 12.8 Å². The third-order valence-electron chi connectivity index (χ3n) is 4.46. The van der Waals surface area contributed by atoms with Gasteiger partial charge in [0.2, 0.25) is 5.91 Å². The highest BCUT2D eigenvalue weighted by atomic mass is 35.5. The summed E-state index contributed by atoms with van der Waals surface area (Å²) < 4.78 is 0. The van der Waals surface area contributed by atoms with Gasteiger partial charge in [-0.05, 0) is 55.7 Å². The standard InChI is InChI=1S/C20H20ClN3O3/c1-13-16(21)8-5-9-17(13)23-20(27)19(26)22-14-6-4-7-15(12-14)24-11-3-2-10-18(24)25/h4-9,12H,2-3,10-11H2,1H3,(H,22,26)(H,23,27). The van der Waals surface area contributed by atoms with Crippen LogP contribution in [0.1, 0.15) is 24.8 Å². The topological polar surface area (TPSA) is 78.5 Å². The van der Waals surface area contributed by atoms with E-state index in [9.17, 15) is 14.4 Å². The molecule has 0 radical (unpaired) electrons. The summed E-state index contributed by atoms with van der Waals surface area (Å²) in [4.78, 5) is 38.2. The van der Waals surface area contributed by atoms with Gasteiger partial charge in [0.1, 0.15) is 0 Å². The predicted molar refractivity (Wildman–Crippen MR) is 106 cm³/mol. The number of nitrogens with zero attached hydrogens (tertiary/aromatic N) is 1. The molecule has 0 unspecified atom stereocenters. The molecule has 2 N–H and O–H groups in total. The van der Waals surface area contributed by atoms with Crippen LogP contribution < -0.4 is 15.5 Å². The van der Waals surface area contributed by atoms with Gasteiger partial charge in [-0.15, -0.1) is 0 Å². The van der Waals surface area contributed by atoms with Crippen LogP contribution in [0.5, 0.6) is 0 Å². The fourth-order valence-corrected chi connectivity index (χ4v) is 3.11. The van der Waals surface area contributed by atoms with Crippen LogP contribution in [0.2, 0.25) is 5.02 Å². The van der Waals surface area contributed by atoms with E-state index in [1.165, 1.54) is 0 Å². The maximum Gasteiger partial charge on any atom is 0.314 e. The van der Waals surface area contributed by atoms with Crippen LogP contribution >= 0.6 is 11.6 Å². The second kappa shape index (κ2) is 8.22. The molecule has 3 rings (SSSR count). The lowest BCUT2D eigenvalue weighted by Gasteiger charge is -2.27. The van der Waals surface area contributed by atoms with E-state index in [2.05, 4.69) is 10.6 Å². The minimum atomic E-state index is -0.795. The largest absolute Gasteiger partial charge is 0.318 e. The van der Waals surface area contributed by atoms with Crippen LogP contribution in [0, 0.1) is 6.92 Å². The van der Waals surface area contributed by atoms with Crippen LogP contribution in [0.15, 0.2) is 42.5 Å². The van der Waals surface area contributed by atoms with E-state index in [4.69, 9.17) is 11.6 Å². The molecule has 7 heteroatoms. The summed E-state index contributed by atoms with van der Waals surface area (Å²) in [5.74, 6) is -1.52. The van der Waals surface area contributed by atoms with Crippen molar-refractivity contribution in [2.45, 2.75) is 26.2 Å². The van der Waals surface area contributed by atoms with E-state index in [1.807, 2.05) is 6.07 Å². The van der Waals surface area contributed by atoms with E-state index < -0.39 is 11.8 Å². The highest BCUT2D eigenvalue weighted by molar-refractivity contribution is 6.44. The molecule has 140 valence electrons. The normalized spacial score (nSPS) is 14.0. The molecule has 3 amide bonds. The van der Waals surface area contributed by atoms with Crippen molar-refractivity contribution < 1.29 is 14.4 Å². The van der Waals surface area contributed by atoms with Gasteiger partial charge in [0, 0.05) is 35.1 Å². The zero-order chi connectivity index (χ0) is 19.4. The summed E-state index contributed by atoms with van der Waals surface area (Å²) in [6.07, 6.45) is 2.37. The minimum absolute atomic E-state index is 0.0684. The van der Waals surface area contributed by atoms with Crippen LogP contribution in [-0.4, -0.2) is 24.3 Å². The lowest BCUT2D eigenvalue weighted by atomic mass is 10.1. The summed E-state index contributed by atoms with van der Waals surface area (Å²) in [7, 11) is 0. The van der Waals surface area contributed by atoms with Crippen molar-refractivity contribution in [3.8, 4) is 0 Å². The first-order valence-corrected chi connectivity index (χ1v) is 9.11. The number of rotatable bonds is 3. The van der Waals surface area contributed by atoms with Gasteiger partial charge in [-0.3, -0.25) is 14.4 Å². The fourth-order valence-electron chi connectivity index (χ4n) is 2.94. The molecule has 6 nitrogen and oxygen atoms in total. The lowest BCUT2D eigenvalue weighted by molar-refractivity contribution is -0.133. The molecule has 2 aromatic carbocycles.